The third kappa shape index (κ3) is 3.45. The molecule has 0 heterocycles. The van der Waals surface area contributed by atoms with Gasteiger partial charge in [0, 0.05) is 5.69 Å². The molecule has 0 atom stereocenters. The molecular weight excluding hydrogens is 257 g/mol. The monoisotopic (exact) mass is 271 g/mol. The summed E-state index contributed by atoms with van der Waals surface area (Å²) in [7, 11) is 0. The SMILES string of the molecule is C=CCOc1ccc(NC(=O)c2ccccc2F)cc1. The normalized spacial score (nSPS) is 9.85. The molecule has 0 unspecified atom stereocenters. The van der Waals surface area contributed by atoms with Gasteiger partial charge in [-0.25, -0.2) is 4.39 Å². The molecule has 0 radical (unpaired) electrons. The predicted molar refractivity (Wildman–Crippen MR) is 76.5 cm³/mol. The first kappa shape index (κ1) is 13.8. The summed E-state index contributed by atoms with van der Waals surface area (Å²) in [6.07, 6.45) is 1.65. The molecule has 0 aliphatic heterocycles. The first-order valence-corrected chi connectivity index (χ1v) is 6.10. The molecule has 2 rings (SSSR count). The van der Waals surface area contributed by atoms with Crippen molar-refractivity contribution in [3.05, 3.63) is 72.6 Å². The molecule has 2 aromatic rings. The van der Waals surface area contributed by atoms with Gasteiger partial charge in [-0.1, -0.05) is 24.8 Å². The minimum atomic E-state index is -0.545. The van der Waals surface area contributed by atoms with E-state index in [1.807, 2.05) is 0 Å². The van der Waals surface area contributed by atoms with Gasteiger partial charge in [0.25, 0.3) is 5.91 Å². The zero-order valence-corrected chi connectivity index (χ0v) is 10.8. The molecule has 0 aliphatic rings. The number of ether oxygens (including phenoxy) is 1. The molecule has 2 aromatic carbocycles. The summed E-state index contributed by atoms with van der Waals surface area (Å²) in [6.45, 7) is 3.97. The highest BCUT2D eigenvalue weighted by molar-refractivity contribution is 6.04. The van der Waals surface area contributed by atoms with Crippen LogP contribution in [-0.4, -0.2) is 12.5 Å². The molecule has 3 nitrogen and oxygen atoms in total. The van der Waals surface area contributed by atoms with Crippen LogP contribution in [-0.2, 0) is 0 Å². The maximum atomic E-state index is 13.5. The van der Waals surface area contributed by atoms with Crippen molar-refractivity contribution in [2.24, 2.45) is 0 Å². The lowest BCUT2D eigenvalue weighted by molar-refractivity contribution is 0.102. The molecule has 0 aliphatic carbocycles. The molecule has 0 fully saturated rings. The minimum Gasteiger partial charge on any atom is -0.490 e. The van der Waals surface area contributed by atoms with E-state index in [4.69, 9.17) is 4.74 Å². The third-order valence-electron chi connectivity index (χ3n) is 2.60. The van der Waals surface area contributed by atoms with Gasteiger partial charge in [0.2, 0.25) is 0 Å². The van der Waals surface area contributed by atoms with E-state index in [9.17, 15) is 9.18 Å². The quantitative estimate of drug-likeness (QED) is 0.843. The van der Waals surface area contributed by atoms with E-state index in [1.54, 1.807) is 36.4 Å². The van der Waals surface area contributed by atoms with Gasteiger partial charge in [-0.15, -0.1) is 0 Å². The van der Waals surface area contributed by atoms with Gasteiger partial charge in [-0.2, -0.15) is 0 Å². The minimum absolute atomic E-state index is 0.0134. The van der Waals surface area contributed by atoms with Crippen LogP contribution in [0.4, 0.5) is 10.1 Å². The standard InChI is InChI=1S/C16H14FNO2/c1-2-11-20-13-9-7-12(8-10-13)18-16(19)14-5-3-4-6-15(14)17/h2-10H,1,11H2,(H,18,19). The number of halogens is 1. The van der Waals surface area contributed by atoms with Gasteiger partial charge in [0.15, 0.2) is 0 Å². The van der Waals surface area contributed by atoms with Crippen LogP contribution < -0.4 is 10.1 Å². The number of rotatable bonds is 5. The average molecular weight is 271 g/mol. The summed E-state index contributed by atoms with van der Waals surface area (Å²) in [5, 5.41) is 2.63. The van der Waals surface area contributed by atoms with Crippen LogP contribution in [0.5, 0.6) is 5.75 Å². The molecule has 0 saturated carbocycles. The van der Waals surface area contributed by atoms with Gasteiger partial charge in [-0.3, -0.25) is 4.79 Å². The summed E-state index contributed by atoms with van der Waals surface area (Å²) in [5.41, 5.74) is 0.587. The van der Waals surface area contributed by atoms with E-state index in [1.165, 1.54) is 18.2 Å². The van der Waals surface area contributed by atoms with E-state index >= 15 is 0 Å². The van der Waals surface area contributed by atoms with Crippen LogP contribution >= 0.6 is 0 Å². The molecule has 4 heteroatoms. The topological polar surface area (TPSA) is 38.3 Å². The highest BCUT2D eigenvalue weighted by atomic mass is 19.1. The van der Waals surface area contributed by atoms with Crippen molar-refractivity contribution in [3.63, 3.8) is 0 Å². The average Bonchev–Trinajstić information content (AvgIpc) is 2.47. The van der Waals surface area contributed by atoms with E-state index in [-0.39, 0.29) is 5.56 Å². The number of carbonyl (C=O) groups excluding carboxylic acids is 1. The van der Waals surface area contributed by atoms with E-state index in [0.29, 0.717) is 18.0 Å². The van der Waals surface area contributed by atoms with E-state index in [2.05, 4.69) is 11.9 Å². The lowest BCUT2D eigenvalue weighted by Crippen LogP contribution is -2.13. The number of anilines is 1. The Labute approximate surface area is 116 Å². The van der Waals surface area contributed by atoms with Crippen LogP contribution in [0.1, 0.15) is 10.4 Å². The van der Waals surface area contributed by atoms with Crippen molar-refractivity contribution in [2.45, 2.75) is 0 Å². The zero-order chi connectivity index (χ0) is 14.4. The second-order valence-electron chi connectivity index (χ2n) is 4.06. The van der Waals surface area contributed by atoms with E-state index < -0.39 is 11.7 Å². The molecule has 0 saturated heterocycles. The Bertz CT molecular complexity index is 608. The lowest BCUT2D eigenvalue weighted by Gasteiger charge is -2.07. The molecule has 0 bridgehead atoms. The fraction of sp³-hybridized carbons (Fsp3) is 0.0625. The Balaban J connectivity index is 2.05. The summed E-state index contributed by atoms with van der Waals surface area (Å²) in [4.78, 5) is 11.9. The van der Waals surface area contributed by atoms with Gasteiger partial charge >= 0.3 is 0 Å². The molecule has 20 heavy (non-hydrogen) atoms. The maximum Gasteiger partial charge on any atom is 0.258 e. The fourth-order valence-electron chi connectivity index (χ4n) is 1.63. The van der Waals surface area contributed by atoms with E-state index in [0.717, 1.165) is 0 Å². The van der Waals surface area contributed by atoms with Gasteiger partial charge in [-0.05, 0) is 36.4 Å². The Morgan fingerprint density at radius 2 is 1.90 bits per heavy atom. The van der Waals surface area contributed by atoms with Crippen LogP contribution in [0.3, 0.4) is 0 Å². The lowest BCUT2D eigenvalue weighted by atomic mass is 10.2. The number of hydrogen-bond acceptors (Lipinski definition) is 2. The first-order valence-electron chi connectivity index (χ1n) is 6.10. The Morgan fingerprint density at radius 1 is 1.20 bits per heavy atom. The van der Waals surface area contributed by atoms with Crippen LogP contribution in [0.25, 0.3) is 0 Å². The summed E-state index contributed by atoms with van der Waals surface area (Å²) >= 11 is 0. The zero-order valence-electron chi connectivity index (χ0n) is 10.8. The summed E-state index contributed by atoms with van der Waals surface area (Å²) in [5.74, 6) is -0.354. The smallest absolute Gasteiger partial charge is 0.258 e. The van der Waals surface area contributed by atoms with Gasteiger partial charge in [0.05, 0.1) is 5.56 Å². The first-order chi connectivity index (χ1) is 9.70. The third-order valence-corrected chi connectivity index (χ3v) is 2.60. The van der Waals surface area contributed by atoms with Gasteiger partial charge in [0.1, 0.15) is 18.2 Å². The molecule has 0 aromatic heterocycles. The van der Waals surface area contributed by atoms with Crippen molar-refractivity contribution < 1.29 is 13.9 Å². The number of nitrogens with one attached hydrogen (secondary N) is 1. The number of amides is 1. The fourth-order valence-corrected chi connectivity index (χ4v) is 1.63. The Kier molecular flexibility index (Phi) is 4.50. The van der Waals surface area contributed by atoms with Gasteiger partial charge < -0.3 is 10.1 Å². The van der Waals surface area contributed by atoms with Crippen LogP contribution in [0.15, 0.2) is 61.2 Å². The predicted octanol–water partition coefficient (Wildman–Crippen LogP) is 3.64. The van der Waals surface area contributed by atoms with Crippen molar-refractivity contribution in [3.8, 4) is 5.75 Å². The van der Waals surface area contributed by atoms with Crippen LogP contribution in [0, 0.1) is 5.82 Å². The second-order valence-corrected chi connectivity index (χ2v) is 4.06. The molecule has 1 N–H and O–H groups in total. The second kappa shape index (κ2) is 6.52. The highest BCUT2D eigenvalue weighted by Gasteiger charge is 2.10. The molecular formula is C16H14FNO2. The molecule has 1 amide bonds. The van der Waals surface area contributed by atoms with Crippen molar-refractivity contribution in [1.82, 2.24) is 0 Å². The summed E-state index contributed by atoms with van der Waals surface area (Å²) in [6, 6.07) is 12.7. The number of benzene rings is 2. The summed E-state index contributed by atoms with van der Waals surface area (Å²) < 4.78 is 18.8. The molecule has 0 spiro atoms. The molecule has 102 valence electrons. The Morgan fingerprint density at radius 3 is 2.55 bits per heavy atom. The largest absolute Gasteiger partial charge is 0.490 e. The Hall–Kier alpha value is -2.62. The van der Waals surface area contributed by atoms with Crippen molar-refractivity contribution >= 4 is 11.6 Å². The number of hydrogen-bond donors (Lipinski definition) is 1. The highest BCUT2D eigenvalue weighted by Crippen LogP contribution is 2.17. The van der Waals surface area contributed by atoms with Crippen molar-refractivity contribution in [2.75, 3.05) is 11.9 Å². The number of carbonyl (C=O) groups is 1. The van der Waals surface area contributed by atoms with Crippen LogP contribution in [0.2, 0.25) is 0 Å². The maximum absolute atomic E-state index is 13.5. The van der Waals surface area contributed by atoms with Crippen molar-refractivity contribution in [1.29, 1.82) is 0 Å².